The van der Waals surface area contributed by atoms with Crippen molar-refractivity contribution in [3.8, 4) is 11.3 Å². The first-order valence-electron chi connectivity index (χ1n) is 9.79. The molecule has 1 aromatic carbocycles. The summed E-state index contributed by atoms with van der Waals surface area (Å²) >= 11 is 0. The zero-order chi connectivity index (χ0) is 18.9. The summed E-state index contributed by atoms with van der Waals surface area (Å²) in [6.07, 6.45) is 5.89. The van der Waals surface area contributed by atoms with Crippen LogP contribution in [0.5, 0.6) is 0 Å². The van der Waals surface area contributed by atoms with E-state index in [1.165, 1.54) is 5.56 Å². The number of H-pyrrole nitrogens is 1. The van der Waals surface area contributed by atoms with Crippen LogP contribution in [0.4, 0.5) is 0 Å². The number of pyridine rings is 1. The van der Waals surface area contributed by atoms with Crippen molar-refractivity contribution in [3.63, 3.8) is 0 Å². The Morgan fingerprint density at radius 2 is 2.21 bits per heavy atom. The first-order valence-corrected chi connectivity index (χ1v) is 9.79. The highest BCUT2D eigenvalue weighted by atomic mass is 16.5. The highest BCUT2D eigenvalue weighted by molar-refractivity contribution is 5.75. The first kappa shape index (κ1) is 17.1. The summed E-state index contributed by atoms with van der Waals surface area (Å²) in [5.74, 6) is 2.40. The minimum absolute atomic E-state index is 0.419. The lowest BCUT2D eigenvalue weighted by atomic mass is 9.97. The van der Waals surface area contributed by atoms with Crippen molar-refractivity contribution < 1.29 is 4.52 Å². The fraction of sp³-hybridized carbons (Fsp3) is 0.318. The molecule has 6 heteroatoms. The molecular formula is C22H23N5O. The average Bonchev–Trinajstić information content (AvgIpc) is 3.35. The van der Waals surface area contributed by atoms with Gasteiger partial charge in [0.15, 0.2) is 5.76 Å². The van der Waals surface area contributed by atoms with Crippen LogP contribution in [-0.2, 0) is 6.54 Å². The number of nitrogens with zero attached hydrogens (tertiary/aromatic N) is 4. The number of aryl methyl sites for hydroxylation is 1. The Bertz CT molecular complexity index is 1080. The van der Waals surface area contributed by atoms with Gasteiger partial charge in [-0.1, -0.05) is 11.2 Å². The quantitative estimate of drug-likeness (QED) is 0.577. The monoisotopic (exact) mass is 373 g/mol. The summed E-state index contributed by atoms with van der Waals surface area (Å²) in [6, 6.07) is 12.3. The lowest BCUT2D eigenvalue weighted by molar-refractivity contribution is 0.178. The van der Waals surface area contributed by atoms with Crippen LogP contribution in [0.15, 0.2) is 53.3 Å². The number of imidazole rings is 1. The Hall–Kier alpha value is -2.99. The van der Waals surface area contributed by atoms with Crippen molar-refractivity contribution in [1.29, 1.82) is 0 Å². The predicted octanol–water partition coefficient (Wildman–Crippen LogP) is 4.30. The van der Waals surface area contributed by atoms with Gasteiger partial charge in [-0.05, 0) is 56.1 Å². The second kappa shape index (κ2) is 7.20. The van der Waals surface area contributed by atoms with E-state index in [9.17, 15) is 0 Å². The topological polar surface area (TPSA) is 70.8 Å². The van der Waals surface area contributed by atoms with Gasteiger partial charge in [0.2, 0.25) is 0 Å². The number of fused-ring (bicyclic) bond motifs is 1. The van der Waals surface area contributed by atoms with Gasteiger partial charge in [-0.25, -0.2) is 4.98 Å². The fourth-order valence-corrected chi connectivity index (χ4v) is 4.02. The molecule has 6 nitrogen and oxygen atoms in total. The molecule has 1 aliphatic heterocycles. The van der Waals surface area contributed by atoms with E-state index in [1.807, 2.05) is 24.4 Å². The van der Waals surface area contributed by atoms with Gasteiger partial charge in [0.1, 0.15) is 11.5 Å². The molecule has 0 radical (unpaired) electrons. The molecule has 0 aliphatic carbocycles. The Morgan fingerprint density at radius 3 is 3.11 bits per heavy atom. The van der Waals surface area contributed by atoms with Crippen LogP contribution in [0.2, 0.25) is 0 Å². The first-order chi connectivity index (χ1) is 13.7. The molecule has 4 aromatic rings. The van der Waals surface area contributed by atoms with Gasteiger partial charge in [0.05, 0.1) is 17.6 Å². The number of hydrogen-bond acceptors (Lipinski definition) is 5. The number of benzene rings is 1. The van der Waals surface area contributed by atoms with E-state index in [1.54, 1.807) is 6.20 Å². The molecule has 1 fully saturated rings. The second-order valence-corrected chi connectivity index (χ2v) is 7.64. The number of nitrogens with one attached hydrogen (secondary N) is 1. The normalized spacial score (nSPS) is 18.0. The number of aromatic nitrogens is 4. The van der Waals surface area contributed by atoms with E-state index in [0.29, 0.717) is 5.92 Å². The van der Waals surface area contributed by atoms with E-state index in [-0.39, 0.29) is 0 Å². The van der Waals surface area contributed by atoms with Gasteiger partial charge >= 0.3 is 0 Å². The highest BCUT2D eigenvalue weighted by Crippen LogP contribution is 2.28. The van der Waals surface area contributed by atoms with Crippen LogP contribution in [-0.4, -0.2) is 38.1 Å². The molecule has 3 aromatic heterocycles. The average molecular weight is 373 g/mol. The van der Waals surface area contributed by atoms with Crippen LogP contribution in [0.1, 0.15) is 35.9 Å². The molecule has 1 atom stereocenters. The van der Waals surface area contributed by atoms with E-state index in [2.05, 4.69) is 45.1 Å². The molecule has 0 bridgehead atoms. The third-order valence-corrected chi connectivity index (χ3v) is 5.44. The summed E-state index contributed by atoms with van der Waals surface area (Å²) in [6.45, 7) is 4.92. The van der Waals surface area contributed by atoms with Gasteiger partial charge in [0, 0.05) is 36.5 Å². The maximum absolute atomic E-state index is 5.58. The number of piperidine rings is 1. The van der Waals surface area contributed by atoms with Gasteiger partial charge in [-0.3, -0.25) is 9.88 Å². The SMILES string of the molecule is Cc1ccc2nc([C@@H]3CCCN(Cc4cc(-c5cccnc5)no4)C3)[nH]c2c1. The van der Waals surface area contributed by atoms with E-state index >= 15 is 0 Å². The molecule has 0 spiro atoms. The Kier molecular flexibility index (Phi) is 4.41. The lowest BCUT2D eigenvalue weighted by Crippen LogP contribution is -2.34. The fourth-order valence-electron chi connectivity index (χ4n) is 4.02. The van der Waals surface area contributed by atoms with Gasteiger partial charge < -0.3 is 9.51 Å². The largest absolute Gasteiger partial charge is 0.359 e. The molecule has 1 saturated heterocycles. The van der Waals surface area contributed by atoms with Crippen LogP contribution in [0.25, 0.3) is 22.3 Å². The molecule has 28 heavy (non-hydrogen) atoms. The maximum Gasteiger partial charge on any atom is 0.151 e. The summed E-state index contributed by atoms with van der Waals surface area (Å²) in [4.78, 5) is 15.0. The molecule has 1 aliphatic rings. The molecule has 0 unspecified atom stereocenters. The number of aromatic amines is 1. The van der Waals surface area contributed by atoms with Crippen molar-refractivity contribution in [2.45, 2.75) is 32.2 Å². The standard InChI is InChI=1S/C22H23N5O/c1-15-6-7-19-21(10-15)25-22(24-19)17-5-3-9-27(13-17)14-18-11-20(26-28-18)16-4-2-8-23-12-16/h2,4,6-8,10-12,17H,3,5,9,13-14H2,1H3,(H,24,25)/t17-/m1/s1. The number of rotatable bonds is 4. The van der Waals surface area contributed by atoms with Crippen LogP contribution < -0.4 is 0 Å². The van der Waals surface area contributed by atoms with Crippen LogP contribution in [0.3, 0.4) is 0 Å². The molecule has 4 heterocycles. The molecule has 142 valence electrons. The van der Waals surface area contributed by atoms with Crippen molar-refractivity contribution in [2.24, 2.45) is 0 Å². The van der Waals surface area contributed by atoms with Gasteiger partial charge in [0.25, 0.3) is 0 Å². The van der Waals surface area contributed by atoms with Crippen molar-refractivity contribution in [3.05, 3.63) is 65.9 Å². The molecule has 1 N–H and O–H groups in total. The van der Waals surface area contributed by atoms with Crippen LogP contribution in [0, 0.1) is 6.92 Å². The highest BCUT2D eigenvalue weighted by Gasteiger charge is 2.25. The minimum atomic E-state index is 0.419. The van der Waals surface area contributed by atoms with E-state index in [0.717, 1.165) is 66.4 Å². The smallest absolute Gasteiger partial charge is 0.151 e. The maximum atomic E-state index is 5.58. The summed E-state index contributed by atoms with van der Waals surface area (Å²) in [7, 11) is 0. The second-order valence-electron chi connectivity index (χ2n) is 7.64. The zero-order valence-electron chi connectivity index (χ0n) is 15.9. The molecule has 0 saturated carbocycles. The Morgan fingerprint density at radius 1 is 1.25 bits per heavy atom. The van der Waals surface area contributed by atoms with Crippen LogP contribution >= 0.6 is 0 Å². The van der Waals surface area contributed by atoms with Gasteiger partial charge in [-0.2, -0.15) is 0 Å². The minimum Gasteiger partial charge on any atom is -0.359 e. The predicted molar refractivity (Wildman–Crippen MR) is 108 cm³/mol. The number of hydrogen-bond donors (Lipinski definition) is 1. The summed E-state index contributed by atoms with van der Waals surface area (Å²) in [5, 5.41) is 4.21. The lowest BCUT2D eigenvalue weighted by Gasteiger charge is -2.30. The van der Waals surface area contributed by atoms with E-state index in [4.69, 9.17) is 9.51 Å². The number of likely N-dealkylation sites (tertiary alicyclic amines) is 1. The zero-order valence-corrected chi connectivity index (χ0v) is 15.9. The third-order valence-electron chi connectivity index (χ3n) is 5.44. The van der Waals surface area contributed by atoms with Crippen molar-refractivity contribution in [2.75, 3.05) is 13.1 Å². The molecule has 5 rings (SSSR count). The molecular weight excluding hydrogens is 350 g/mol. The van der Waals surface area contributed by atoms with Crippen molar-refractivity contribution in [1.82, 2.24) is 25.0 Å². The third kappa shape index (κ3) is 3.43. The van der Waals surface area contributed by atoms with Gasteiger partial charge in [-0.15, -0.1) is 0 Å². The summed E-state index contributed by atoms with van der Waals surface area (Å²) < 4.78 is 5.58. The molecule has 0 amide bonds. The Labute approximate surface area is 163 Å². The van der Waals surface area contributed by atoms with Crippen molar-refractivity contribution >= 4 is 11.0 Å². The Balaban J connectivity index is 1.30. The van der Waals surface area contributed by atoms with E-state index < -0.39 is 0 Å². The summed E-state index contributed by atoms with van der Waals surface area (Å²) in [5.41, 5.74) is 5.25.